The molecular weight excluding hydrogens is 359 g/mol. The van der Waals surface area contributed by atoms with Gasteiger partial charge in [-0.2, -0.15) is 0 Å². The molecule has 0 spiro atoms. The second-order valence-electron chi connectivity index (χ2n) is 7.46. The Hall–Kier alpha value is -3.48. The van der Waals surface area contributed by atoms with Crippen molar-refractivity contribution in [3.63, 3.8) is 0 Å². The number of nitrogen functional groups attached to an aromatic ring is 1. The van der Waals surface area contributed by atoms with E-state index in [-0.39, 0.29) is 17.2 Å². The predicted molar refractivity (Wildman–Crippen MR) is 106 cm³/mol. The summed E-state index contributed by atoms with van der Waals surface area (Å²) in [5.41, 5.74) is 8.42. The first kappa shape index (κ1) is 17.9. The fraction of sp³-hybridized carbons (Fsp3) is 0.190. The molecule has 0 unspecified atom stereocenters. The monoisotopic (exact) mass is 378 g/mol. The Kier molecular flexibility index (Phi) is 4.03. The van der Waals surface area contributed by atoms with E-state index in [1.807, 2.05) is 24.3 Å². The molecule has 142 valence electrons. The van der Waals surface area contributed by atoms with Gasteiger partial charge in [-0.05, 0) is 57.2 Å². The van der Waals surface area contributed by atoms with Gasteiger partial charge in [0.05, 0.1) is 11.0 Å². The summed E-state index contributed by atoms with van der Waals surface area (Å²) < 4.78 is 20.5. The van der Waals surface area contributed by atoms with Gasteiger partial charge in [-0.15, -0.1) is 0 Å². The van der Waals surface area contributed by atoms with Gasteiger partial charge in [-0.1, -0.05) is 12.1 Å². The van der Waals surface area contributed by atoms with Crippen LogP contribution < -0.4 is 5.73 Å². The molecular formula is C21H19FN4O2. The molecule has 28 heavy (non-hydrogen) atoms. The van der Waals surface area contributed by atoms with Crippen molar-refractivity contribution in [2.75, 3.05) is 5.73 Å². The summed E-state index contributed by atoms with van der Waals surface area (Å²) in [4.78, 5) is 22.2. The van der Waals surface area contributed by atoms with Gasteiger partial charge in [0.2, 0.25) is 0 Å². The van der Waals surface area contributed by atoms with Crippen LogP contribution in [-0.4, -0.2) is 26.1 Å². The highest BCUT2D eigenvalue weighted by Crippen LogP contribution is 2.32. The van der Waals surface area contributed by atoms with Crippen LogP contribution >= 0.6 is 0 Å². The molecule has 0 bridgehead atoms. The molecule has 0 fully saturated rings. The largest absolute Gasteiger partial charge is 0.456 e. The van der Waals surface area contributed by atoms with Crippen LogP contribution in [-0.2, 0) is 4.74 Å². The van der Waals surface area contributed by atoms with E-state index in [0.717, 1.165) is 0 Å². The number of rotatable bonds is 2. The van der Waals surface area contributed by atoms with Crippen LogP contribution in [0.3, 0.4) is 0 Å². The van der Waals surface area contributed by atoms with Gasteiger partial charge in [-0.25, -0.2) is 19.2 Å². The molecule has 2 aromatic heterocycles. The number of fused-ring (bicyclic) bond motifs is 2. The summed E-state index contributed by atoms with van der Waals surface area (Å²) in [6.45, 7) is 5.34. The van der Waals surface area contributed by atoms with Crippen LogP contribution in [0, 0.1) is 5.82 Å². The van der Waals surface area contributed by atoms with Gasteiger partial charge in [0, 0.05) is 5.69 Å². The Morgan fingerprint density at radius 3 is 2.25 bits per heavy atom. The Morgan fingerprint density at radius 1 is 1.04 bits per heavy atom. The maximum absolute atomic E-state index is 13.4. The van der Waals surface area contributed by atoms with Crippen LogP contribution in [0.4, 0.5) is 10.2 Å². The van der Waals surface area contributed by atoms with Crippen molar-refractivity contribution in [2.45, 2.75) is 26.4 Å². The van der Waals surface area contributed by atoms with Crippen LogP contribution in [0.25, 0.3) is 27.9 Å². The lowest BCUT2D eigenvalue weighted by Crippen LogP contribution is -2.24. The van der Waals surface area contributed by atoms with Crippen LogP contribution in [0.2, 0.25) is 0 Å². The van der Waals surface area contributed by atoms with Crippen LogP contribution in [0.15, 0.2) is 48.5 Å². The van der Waals surface area contributed by atoms with Gasteiger partial charge < -0.3 is 10.5 Å². The second-order valence-corrected chi connectivity index (χ2v) is 7.46. The molecule has 7 heteroatoms. The first-order valence-electron chi connectivity index (χ1n) is 8.80. The molecule has 0 aliphatic heterocycles. The van der Waals surface area contributed by atoms with Gasteiger partial charge in [-0.3, -0.25) is 4.57 Å². The minimum Gasteiger partial charge on any atom is -0.456 e. The van der Waals surface area contributed by atoms with Crippen molar-refractivity contribution >= 4 is 34.0 Å². The number of hydrogen-bond donors (Lipinski definition) is 1. The maximum atomic E-state index is 13.4. The van der Waals surface area contributed by atoms with Crippen molar-refractivity contribution in [2.24, 2.45) is 0 Å². The van der Waals surface area contributed by atoms with Gasteiger partial charge in [0.1, 0.15) is 28.3 Å². The first-order chi connectivity index (χ1) is 13.2. The van der Waals surface area contributed by atoms with Crippen molar-refractivity contribution in [3.8, 4) is 5.69 Å². The van der Waals surface area contributed by atoms with Gasteiger partial charge in [0.25, 0.3) is 0 Å². The molecule has 4 aromatic rings. The summed E-state index contributed by atoms with van der Waals surface area (Å²) in [6, 6.07) is 13.1. The number of anilines is 1. The number of esters is 1. The molecule has 0 amide bonds. The van der Waals surface area contributed by atoms with Crippen LogP contribution in [0.1, 0.15) is 31.1 Å². The molecule has 2 aromatic carbocycles. The number of nitrogens with zero attached hydrogens (tertiary/aromatic N) is 3. The van der Waals surface area contributed by atoms with Crippen molar-refractivity contribution < 1.29 is 13.9 Å². The predicted octanol–water partition coefficient (Wildman–Crippen LogP) is 4.25. The van der Waals surface area contributed by atoms with Gasteiger partial charge in [0.15, 0.2) is 5.65 Å². The average Bonchev–Trinajstić information content (AvgIpc) is 2.90. The molecule has 0 saturated heterocycles. The van der Waals surface area contributed by atoms with E-state index in [9.17, 15) is 9.18 Å². The third-order valence-electron chi connectivity index (χ3n) is 4.19. The van der Waals surface area contributed by atoms with E-state index in [1.165, 1.54) is 12.1 Å². The summed E-state index contributed by atoms with van der Waals surface area (Å²) >= 11 is 0. The highest BCUT2D eigenvalue weighted by Gasteiger charge is 2.28. The third-order valence-corrected chi connectivity index (χ3v) is 4.19. The topological polar surface area (TPSA) is 83.0 Å². The minimum absolute atomic E-state index is 0.145. The zero-order valence-corrected chi connectivity index (χ0v) is 15.7. The Balaban J connectivity index is 2.05. The quantitative estimate of drug-likeness (QED) is 0.527. The number of para-hydroxylation sites is 2. The summed E-state index contributed by atoms with van der Waals surface area (Å²) in [5.74, 6) is -0.811. The molecule has 0 aliphatic rings. The molecule has 0 radical (unpaired) electrons. The lowest BCUT2D eigenvalue weighted by atomic mass is 10.2. The lowest BCUT2D eigenvalue weighted by Gasteiger charge is -2.19. The second kappa shape index (κ2) is 6.30. The maximum Gasteiger partial charge on any atom is 0.344 e. The molecule has 0 saturated carbocycles. The van der Waals surface area contributed by atoms with E-state index in [2.05, 4.69) is 9.97 Å². The SMILES string of the molecule is CC(C)(C)OC(=O)c1c(N)n(-c2ccc(F)cc2)c2nc3ccccc3nc12. The Bertz CT molecular complexity index is 1210. The fourth-order valence-electron chi connectivity index (χ4n) is 3.04. The zero-order valence-electron chi connectivity index (χ0n) is 15.7. The number of hydrogen-bond acceptors (Lipinski definition) is 5. The first-order valence-corrected chi connectivity index (χ1v) is 8.80. The zero-order chi connectivity index (χ0) is 20.1. The van der Waals surface area contributed by atoms with Crippen molar-refractivity contribution in [1.29, 1.82) is 0 Å². The Labute approximate surface area is 160 Å². The van der Waals surface area contributed by atoms with E-state index >= 15 is 0 Å². The number of nitrogens with two attached hydrogens (primary N) is 1. The molecule has 4 rings (SSSR count). The number of carbonyl (C=O) groups excluding carboxylic acids is 1. The highest BCUT2D eigenvalue weighted by molar-refractivity contribution is 6.09. The Morgan fingerprint density at radius 2 is 1.64 bits per heavy atom. The molecule has 2 N–H and O–H groups in total. The standard InChI is InChI=1S/C21H19FN4O2/c1-21(2,3)28-20(27)16-17-19(25-15-7-5-4-6-14(15)24-17)26(18(16)23)13-10-8-12(22)9-11-13/h4-11H,23H2,1-3H3. The van der Waals surface area contributed by atoms with Crippen LogP contribution in [0.5, 0.6) is 0 Å². The molecule has 2 heterocycles. The summed E-state index contributed by atoms with van der Waals surface area (Å²) in [6.07, 6.45) is 0. The molecule has 6 nitrogen and oxygen atoms in total. The smallest absolute Gasteiger partial charge is 0.344 e. The van der Waals surface area contributed by atoms with Crippen molar-refractivity contribution in [1.82, 2.24) is 14.5 Å². The number of aromatic nitrogens is 3. The molecule has 0 aliphatic carbocycles. The van der Waals surface area contributed by atoms with Crippen molar-refractivity contribution in [3.05, 3.63) is 59.9 Å². The van der Waals surface area contributed by atoms with Gasteiger partial charge >= 0.3 is 5.97 Å². The molecule has 0 atom stereocenters. The van der Waals surface area contributed by atoms with E-state index in [4.69, 9.17) is 10.5 Å². The lowest BCUT2D eigenvalue weighted by molar-refractivity contribution is 0.00728. The number of benzene rings is 2. The number of halogens is 1. The minimum atomic E-state index is -0.696. The van der Waals surface area contributed by atoms with E-state index in [0.29, 0.717) is 27.9 Å². The highest BCUT2D eigenvalue weighted by atomic mass is 19.1. The normalized spacial score (nSPS) is 11.9. The van der Waals surface area contributed by atoms with E-state index in [1.54, 1.807) is 37.5 Å². The average molecular weight is 378 g/mol. The number of carbonyl (C=O) groups is 1. The summed E-state index contributed by atoms with van der Waals surface area (Å²) in [5, 5.41) is 0. The third kappa shape index (κ3) is 3.05. The van der Waals surface area contributed by atoms with E-state index < -0.39 is 11.6 Å². The fourth-order valence-corrected chi connectivity index (χ4v) is 3.04. The number of ether oxygens (including phenoxy) is 1. The summed E-state index contributed by atoms with van der Waals surface area (Å²) in [7, 11) is 0.